The summed E-state index contributed by atoms with van der Waals surface area (Å²) in [6.45, 7) is 2.79. The van der Waals surface area contributed by atoms with Gasteiger partial charge in [0.15, 0.2) is 5.76 Å². The summed E-state index contributed by atoms with van der Waals surface area (Å²) in [5.41, 5.74) is 6.31. The van der Waals surface area contributed by atoms with Gasteiger partial charge in [-0.05, 0) is 43.5 Å². The number of piperidine rings is 1. The second-order valence-corrected chi connectivity index (χ2v) is 6.30. The molecule has 136 valence electrons. The van der Waals surface area contributed by atoms with Gasteiger partial charge in [0.05, 0.1) is 6.26 Å². The molecule has 0 radical (unpaired) electrons. The molecule has 1 aliphatic heterocycles. The average Bonchev–Trinajstić information content (AvgIpc) is 3.20. The van der Waals surface area contributed by atoms with E-state index in [2.05, 4.69) is 10.9 Å². The normalized spacial score (nSPS) is 14.7. The summed E-state index contributed by atoms with van der Waals surface area (Å²) in [4.78, 5) is 38.3. The van der Waals surface area contributed by atoms with Gasteiger partial charge in [-0.3, -0.25) is 25.2 Å². The van der Waals surface area contributed by atoms with Gasteiger partial charge in [-0.15, -0.1) is 0 Å². The van der Waals surface area contributed by atoms with Crippen molar-refractivity contribution in [2.24, 2.45) is 5.92 Å². The van der Waals surface area contributed by atoms with E-state index in [-0.39, 0.29) is 23.6 Å². The first-order chi connectivity index (χ1) is 12.6. The summed E-state index contributed by atoms with van der Waals surface area (Å²) >= 11 is 0. The molecule has 1 aliphatic rings. The van der Waals surface area contributed by atoms with Crippen LogP contribution in [0.1, 0.15) is 39.3 Å². The summed E-state index contributed by atoms with van der Waals surface area (Å²) in [5, 5.41) is 0. The zero-order valence-electron chi connectivity index (χ0n) is 14.5. The van der Waals surface area contributed by atoms with Gasteiger partial charge in [0.1, 0.15) is 0 Å². The number of aryl methyl sites for hydroxylation is 1. The predicted molar refractivity (Wildman–Crippen MR) is 94.1 cm³/mol. The van der Waals surface area contributed by atoms with E-state index >= 15 is 0 Å². The number of hydrazine groups is 1. The van der Waals surface area contributed by atoms with Gasteiger partial charge >= 0.3 is 0 Å². The van der Waals surface area contributed by atoms with Gasteiger partial charge in [-0.2, -0.15) is 0 Å². The van der Waals surface area contributed by atoms with E-state index in [1.54, 1.807) is 29.2 Å². The standard InChI is InChI=1S/C19H21N3O4/c1-13-5-2-3-6-15(13)18(24)21-20-17(23)14-8-10-22(11-9-14)19(25)16-7-4-12-26-16/h2-7,12,14H,8-11H2,1H3,(H,20,23)(H,21,24). The lowest BCUT2D eigenvalue weighted by Crippen LogP contribution is -2.48. The van der Waals surface area contributed by atoms with Crippen LogP contribution in [-0.4, -0.2) is 35.7 Å². The Bertz CT molecular complexity index is 793. The molecule has 2 aromatic rings. The van der Waals surface area contributed by atoms with Crippen LogP contribution < -0.4 is 10.9 Å². The van der Waals surface area contributed by atoms with Crippen molar-refractivity contribution in [2.45, 2.75) is 19.8 Å². The van der Waals surface area contributed by atoms with E-state index < -0.39 is 0 Å². The van der Waals surface area contributed by atoms with Gasteiger partial charge in [-0.1, -0.05) is 18.2 Å². The molecule has 7 nitrogen and oxygen atoms in total. The molecule has 0 bridgehead atoms. The zero-order chi connectivity index (χ0) is 18.5. The lowest BCUT2D eigenvalue weighted by Gasteiger charge is -2.30. The molecule has 26 heavy (non-hydrogen) atoms. The lowest BCUT2D eigenvalue weighted by molar-refractivity contribution is -0.127. The second kappa shape index (κ2) is 7.86. The monoisotopic (exact) mass is 355 g/mol. The van der Waals surface area contributed by atoms with E-state index in [1.165, 1.54) is 6.26 Å². The Hall–Kier alpha value is -3.09. The molecule has 0 spiro atoms. The van der Waals surface area contributed by atoms with Gasteiger partial charge in [0, 0.05) is 24.6 Å². The van der Waals surface area contributed by atoms with Gasteiger partial charge in [-0.25, -0.2) is 0 Å². The molecule has 2 N–H and O–H groups in total. The van der Waals surface area contributed by atoms with Crippen LogP contribution in [0.25, 0.3) is 0 Å². The SMILES string of the molecule is Cc1ccccc1C(=O)NNC(=O)C1CCN(C(=O)c2ccco2)CC1. The van der Waals surface area contributed by atoms with Crippen molar-refractivity contribution in [2.75, 3.05) is 13.1 Å². The maximum absolute atomic E-state index is 12.3. The van der Waals surface area contributed by atoms with Crippen molar-refractivity contribution in [1.29, 1.82) is 0 Å². The van der Waals surface area contributed by atoms with Crippen LogP contribution in [0, 0.1) is 12.8 Å². The fourth-order valence-corrected chi connectivity index (χ4v) is 3.02. The Morgan fingerprint density at radius 1 is 1.04 bits per heavy atom. The highest BCUT2D eigenvalue weighted by molar-refractivity contribution is 5.96. The molecule has 3 amide bonds. The molecule has 0 saturated carbocycles. The van der Waals surface area contributed by atoms with Crippen molar-refractivity contribution in [3.8, 4) is 0 Å². The molecule has 7 heteroatoms. The van der Waals surface area contributed by atoms with E-state index in [0.29, 0.717) is 37.3 Å². The molecular weight excluding hydrogens is 334 g/mol. The largest absolute Gasteiger partial charge is 0.459 e. The van der Waals surface area contributed by atoms with Crippen molar-refractivity contribution >= 4 is 17.7 Å². The smallest absolute Gasteiger partial charge is 0.289 e. The molecular formula is C19H21N3O4. The molecule has 1 fully saturated rings. The fraction of sp³-hybridized carbons (Fsp3) is 0.316. The van der Waals surface area contributed by atoms with Crippen molar-refractivity contribution in [3.05, 3.63) is 59.5 Å². The third-order valence-electron chi connectivity index (χ3n) is 4.57. The van der Waals surface area contributed by atoms with Gasteiger partial charge in [0.2, 0.25) is 5.91 Å². The first-order valence-corrected chi connectivity index (χ1v) is 8.55. The van der Waals surface area contributed by atoms with Gasteiger partial charge < -0.3 is 9.32 Å². The van der Waals surface area contributed by atoms with Crippen LogP contribution in [0.15, 0.2) is 47.1 Å². The molecule has 0 unspecified atom stereocenters. The zero-order valence-corrected chi connectivity index (χ0v) is 14.5. The first-order valence-electron chi connectivity index (χ1n) is 8.55. The van der Waals surface area contributed by atoms with E-state index in [9.17, 15) is 14.4 Å². The summed E-state index contributed by atoms with van der Waals surface area (Å²) in [6, 6.07) is 10.5. The van der Waals surface area contributed by atoms with E-state index in [1.807, 2.05) is 19.1 Å². The Kier molecular flexibility index (Phi) is 5.36. The van der Waals surface area contributed by atoms with Crippen LogP contribution in [0.2, 0.25) is 0 Å². The number of nitrogens with zero attached hydrogens (tertiary/aromatic N) is 1. The Balaban J connectivity index is 1.47. The molecule has 1 aromatic carbocycles. The fourth-order valence-electron chi connectivity index (χ4n) is 3.02. The number of hydrogen-bond donors (Lipinski definition) is 2. The van der Waals surface area contributed by atoms with Gasteiger partial charge in [0.25, 0.3) is 11.8 Å². The summed E-state index contributed by atoms with van der Waals surface area (Å²) in [7, 11) is 0. The third kappa shape index (κ3) is 3.93. The Labute approximate surface area is 151 Å². The third-order valence-corrected chi connectivity index (χ3v) is 4.57. The van der Waals surface area contributed by atoms with Crippen LogP contribution >= 0.6 is 0 Å². The molecule has 3 rings (SSSR count). The first kappa shape index (κ1) is 17.7. The summed E-state index contributed by atoms with van der Waals surface area (Å²) in [6.07, 6.45) is 2.54. The minimum atomic E-state index is -0.345. The predicted octanol–water partition coefficient (Wildman–Crippen LogP) is 1.90. The minimum absolute atomic E-state index is 0.165. The maximum atomic E-state index is 12.3. The lowest BCUT2D eigenvalue weighted by atomic mass is 9.96. The van der Waals surface area contributed by atoms with Crippen LogP contribution in [0.4, 0.5) is 0 Å². The summed E-state index contributed by atoms with van der Waals surface area (Å²) in [5.74, 6) is -0.688. The molecule has 0 aliphatic carbocycles. The van der Waals surface area contributed by atoms with E-state index in [0.717, 1.165) is 5.56 Å². The highest BCUT2D eigenvalue weighted by Crippen LogP contribution is 2.19. The maximum Gasteiger partial charge on any atom is 0.289 e. The number of amides is 3. The second-order valence-electron chi connectivity index (χ2n) is 6.30. The van der Waals surface area contributed by atoms with E-state index in [4.69, 9.17) is 4.42 Å². The highest BCUT2D eigenvalue weighted by atomic mass is 16.3. The Morgan fingerprint density at radius 2 is 1.77 bits per heavy atom. The van der Waals surface area contributed by atoms with Crippen LogP contribution in [0.3, 0.4) is 0 Å². The van der Waals surface area contributed by atoms with Crippen LogP contribution in [-0.2, 0) is 4.79 Å². The van der Waals surface area contributed by atoms with Crippen LogP contribution in [0.5, 0.6) is 0 Å². The minimum Gasteiger partial charge on any atom is -0.459 e. The molecule has 0 atom stereocenters. The number of likely N-dealkylation sites (tertiary alicyclic amines) is 1. The number of furan rings is 1. The number of carbonyl (C=O) groups is 3. The Morgan fingerprint density at radius 3 is 2.42 bits per heavy atom. The number of hydrogen-bond acceptors (Lipinski definition) is 4. The average molecular weight is 355 g/mol. The molecule has 1 saturated heterocycles. The number of rotatable bonds is 3. The van der Waals surface area contributed by atoms with Crippen molar-refractivity contribution < 1.29 is 18.8 Å². The van der Waals surface area contributed by atoms with Crippen molar-refractivity contribution in [3.63, 3.8) is 0 Å². The number of nitrogens with one attached hydrogen (secondary N) is 2. The molecule has 2 heterocycles. The topological polar surface area (TPSA) is 91.7 Å². The quantitative estimate of drug-likeness (QED) is 0.823. The number of benzene rings is 1. The number of carbonyl (C=O) groups excluding carboxylic acids is 3. The highest BCUT2D eigenvalue weighted by Gasteiger charge is 2.29. The van der Waals surface area contributed by atoms with Crippen molar-refractivity contribution in [1.82, 2.24) is 15.8 Å². The molecule has 1 aromatic heterocycles. The summed E-state index contributed by atoms with van der Waals surface area (Å²) < 4.78 is 5.12.